The lowest BCUT2D eigenvalue weighted by Gasteiger charge is -2.41. The molecule has 17 heavy (non-hydrogen) atoms. The fourth-order valence-corrected chi connectivity index (χ4v) is 2.40. The average Bonchev–Trinajstić information content (AvgIpc) is 2.77. The summed E-state index contributed by atoms with van der Waals surface area (Å²) in [6, 6.07) is 1.96. The van der Waals surface area contributed by atoms with E-state index in [-0.39, 0.29) is 0 Å². The van der Waals surface area contributed by atoms with E-state index >= 15 is 0 Å². The predicted molar refractivity (Wildman–Crippen MR) is 67.7 cm³/mol. The smallest absolute Gasteiger partial charge is 0.0669 e. The van der Waals surface area contributed by atoms with Crippen molar-refractivity contribution in [3.8, 4) is 0 Å². The van der Waals surface area contributed by atoms with Crippen molar-refractivity contribution in [3.05, 3.63) is 18.5 Å². The van der Waals surface area contributed by atoms with E-state index in [1.165, 1.54) is 0 Å². The van der Waals surface area contributed by atoms with Crippen LogP contribution in [0.25, 0.3) is 0 Å². The van der Waals surface area contributed by atoms with Crippen LogP contribution in [0.15, 0.2) is 18.5 Å². The quantitative estimate of drug-likeness (QED) is 0.860. The van der Waals surface area contributed by atoms with Crippen LogP contribution in [0.1, 0.15) is 26.7 Å². The van der Waals surface area contributed by atoms with Crippen LogP contribution in [0.3, 0.4) is 0 Å². The minimum absolute atomic E-state index is 0.362. The maximum atomic E-state index is 10.1. The van der Waals surface area contributed by atoms with E-state index in [1.807, 2.05) is 30.1 Å². The molecule has 4 nitrogen and oxygen atoms in total. The molecule has 1 aromatic heterocycles. The second-order valence-corrected chi connectivity index (χ2v) is 5.43. The Balaban J connectivity index is 1.71. The standard InChI is InChI=1S/C13H23N3O/c1-12-11-15(10-5-13(12,2)17)7-4-9-16-8-3-6-14-16/h3,6,8,12,17H,4-5,7,9-11H2,1-2H3. The Morgan fingerprint density at radius 2 is 2.29 bits per heavy atom. The molecule has 0 aromatic carbocycles. The van der Waals surface area contributed by atoms with Gasteiger partial charge < -0.3 is 10.0 Å². The van der Waals surface area contributed by atoms with Crippen molar-refractivity contribution in [2.45, 2.75) is 38.8 Å². The van der Waals surface area contributed by atoms with Crippen molar-refractivity contribution >= 4 is 0 Å². The molecular weight excluding hydrogens is 214 g/mol. The van der Waals surface area contributed by atoms with Gasteiger partial charge in [-0.3, -0.25) is 4.68 Å². The monoisotopic (exact) mass is 237 g/mol. The summed E-state index contributed by atoms with van der Waals surface area (Å²) < 4.78 is 1.98. The van der Waals surface area contributed by atoms with Crippen molar-refractivity contribution in [3.63, 3.8) is 0 Å². The molecule has 2 rings (SSSR count). The van der Waals surface area contributed by atoms with E-state index in [1.54, 1.807) is 0 Å². The summed E-state index contributed by atoms with van der Waals surface area (Å²) >= 11 is 0. The fourth-order valence-electron chi connectivity index (χ4n) is 2.40. The second kappa shape index (κ2) is 5.19. The van der Waals surface area contributed by atoms with Crippen molar-refractivity contribution in [1.29, 1.82) is 0 Å². The predicted octanol–water partition coefficient (Wildman–Crippen LogP) is 1.37. The third-order valence-corrected chi connectivity index (χ3v) is 3.95. The highest BCUT2D eigenvalue weighted by Crippen LogP contribution is 2.26. The first-order valence-electron chi connectivity index (χ1n) is 6.50. The Morgan fingerprint density at radius 3 is 2.94 bits per heavy atom. The molecule has 0 saturated carbocycles. The fraction of sp³-hybridized carbons (Fsp3) is 0.769. The molecule has 1 N–H and O–H groups in total. The zero-order chi connectivity index (χ0) is 12.3. The summed E-state index contributed by atoms with van der Waals surface area (Å²) in [6.07, 6.45) is 5.83. The summed E-state index contributed by atoms with van der Waals surface area (Å²) in [5.41, 5.74) is -0.474. The van der Waals surface area contributed by atoms with Gasteiger partial charge in [0, 0.05) is 32.0 Å². The van der Waals surface area contributed by atoms with Crippen LogP contribution in [-0.4, -0.2) is 45.0 Å². The Morgan fingerprint density at radius 1 is 1.47 bits per heavy atom. The molecule has 1 aliphatic heterocycles. The number of aromatic nitrogens is 2. The van der Waals surface area contributed by atoms with Crippen LogP contribution in [-0.2, 0) is 6.54 Å². The summed E-state index contributed by atoms with van der Waals surface area (Å²) in [5.74, 6) is 0.362. The van der Waals surface area contributed by atoms with Gasteiger partial charge in [-0.2, -0.15) is 5.10 Å². The lowest BCUT2D eigenvalue weighted by atomic mass is 9.84. The Kier molecular flexibility index (Phi) is 3.84. The van der Waals surface area contributed by atoms with Gasteiger partial charge in [-0.1, -0.05) is 6.92 Å². The third-order valence-electron chi connectivity index (χ3n) is 3.95. The SMILES string of the molecule is CC1CN(CCCn2cccn2)CCC1(C)O. The minimum Gasteiger partial charge on any atom is -0.390 e. The van der Waals surface area contributed by atoms with E-state index in [0.717, 1.165) is 39.0 Å². The molecule has 1 saturated heterocycles. The van der Waals surface area contributed by atoms with Crippen LogP contribution in [0.5, 0.6) is 0 Å². The van der Waals surface area contributed by atoms with E-state index in [2.05, 4.69) is 16.9 Å². The van der Waals surface area contributed by atoms with Crippen molar-refractivity contribution in [2.24, 2.45) is 5.92 Å². The first-order chi connectivity index (χ1) is 8.08. The van der Waals surface area contributed by atoms with E-state index in [9.17, 15) is 5.11 Å². The molecular formula is C13H23N3O. The number of likely N-dealkylation sites (tertiary alicyclic amines) is 1. The maximum Gasteiger partial charge on any atom is 0.0669 e. The van der Waals surface area contributed by atoms with Crippen molar-refractivity contribution in [1.82, 2.24) is 14.7 Å². The summed E-state index contributed by atoms with van der Waals surface area (Å²) in [6.45, 7) is 8.19. The van der Waals surface area contributed by atoms with Crippen LogP contribution in [0, 0.1) is 5.92 Å². The van der Waals surface area contributed by atoms with Crippen LogP contribution >= 0.6 is 0 Å². The molecule has 1 fully saturated rings. The van der Waals surface area contributed by atoms with Gasteiger partial charge in [-0.25, -0.2) is 0 Å². The Bertz CT molecular complexity index is 334. The van der Waals surface area contributed by atoms with Crippen LogP contribution in [0.2, 0.25) is 0 Å². The lowest BCUT2D eigenvalue weighted by Crippen LogP contribution is -2.49. The maximum absolute atomic E-state index is 10.1. The molecule has 96 valence electrons. The first-order valence-corrected chi connectivity index (χ1v) is 6.50. The highest BCUT2D eigenvalue weighted by Gasteiger charge is 2.33. The summed E-state index contributed by atoms with van der Waals surface area (Å²) in [5, 5.41) is 14.3. The Hall–Kier alpha value is -0.870. The first kappa shape index (κ1) is 12.6. The van der Waals surface area contributed by atoms with Gasteiger partial charge in [0.25, 0.3) is 0 Å². The number of hydrogen-bond acceptors (Lipinski definition) is 3. The molecule has 2 atom stereocenters. The number of hydrogen-bond donors (Lipinski definition) is 1. The summed E-state index contributed by atoms with van der Waals surface area (Å²) in [4.78, 5) is 2.45. The van der Waals surface area contributed by atoms with Gasteiger partial charge in [0.15, 0.2) is 0 Å². The molecule has 0 amide bonds. The van der Waals surface area contributed by atoms with Gasteiger partial charge >= 0.3 is 0 Å². The number of piperidine rings is 1. The molecule has 1 aromatic rings. The zero-order valence-corrected chi connectivity index (χ0v) is 10.8. The number of aryl methyl sites for hydroxylation is 1. The molecule has 0 aliphatic carbocycles. The minimum atomic E-state index is -0.474. The molecule has 0 bridgehead atoms. The Labute approximate surface area is 103 Å². The molecule has 1 aliphatic rings. The third kappa shape index (κ3) is 3.30. The summed E-state index contributed by atoms with van der Waals surface area (Å²) in [7, 11) is 0. The van der Waals surface area contributed by atoms with Gasteiger partial charge in [0.2, 0.25) is 0 Å². The van der Waals surface area contributed by atoms with Crippen LogP contribution < -0.4 is 0 Å². The molecule has 0 radical (unpaired) electrons. The van der Waals surface area contributed by atoms with E-state index in [4.69, 9.17) is 0 Å². The number of rotatable bonds is 4. The van der Waals surface area contributed by atoms with Gasteiger partial charge in [-0.05, 0) is 38.3 Å². The van der Waals surface area contributed by atoms with E-state index in [0.29, 0.717) is 5.92 Å². The number of nitrogens with zero attached hydrogens (tertiary/aromatic N) is 3. The van der Waals surface area contributed by atoms with E-state index < -0.39 is 5.60 Å². The van der Waals surface area contributed by atoms with Gasteiger partial charge in [-0.15, -0.1) is 0 Å². The highest BCUT2D eigenvalue weighted by molar-refractivity contribution is 4.87. The van der Waals surface area contributed by atoms with Crippen LogP contribution in [0.4, 0.5) is 0 Å². The highest BCUT2D eigenvalue weighted by atomic mass is 16.3. The number of aliphatic hydroxyl groups is 1. The topological polar surface area (TPSA) is 41.3 Å². The van der Waals surface area contributed by atoms with Crippen molar-refractivity contribution in [2.75, 3.05) is 19.6 Å². The van der Waals surface area contributed by atoms with Gasteiger partial charge in [0.05, 0.1) is 5.60 Å². The average molecular weight is 237 g/mol. The lowest BCUT2D eigenvalue weighted by molar-refractivity contribution is -0.0507. The molecule has 4 heteroatoms. The second-order valence-electron chi connectivity index (χ2n) is 5.43. The molecule has 2 heterocycles. The molecule has 2 unspecified atom stereocenters. The van der Waals surface area contributed by atoms with Gasteiger partial charge in [0.1, 0.15) is 0 Å². The largest absolute Gasteiger partial charge is 0.390 e. The van der Waals surface area contributed by atoms with Crippen molar-refractivity contribution < 1.29 is 5.11 Å². The zero-order valence-electron chi connectivity index (χ0n) is 10.8. The molecule has 0 spiro atoms. The normalized spacial score (nSPS) is 30.6.